The molecule has 3 rings (SSSR count). The minimum absolute atomic E-state index is 0.318. The second-order valence-corrected chi connectivity index (χ2v) is 7.62. The molecule has 1 aromatic heterocycles. The highest BCUT2D eigenvalue weighted by molar-refractivity contribution is 6.39. The molecule has 0 aliphatic carbocycles. The van der Waals surface area contributed by atoms with Crippen molar-refractivity contribution in [2.45, 2.75) is 27.7 Å². The van der Waals surface area contributed by atoms with Gasteiger partial charge in [0.15, 0.2) is 0 Å². The first-order valence-electron chi connectivity index (χ1n) is 10.4. The van der Waals surface area contributed by atoms with Gasteiger partial charge in [0, 0.05) is 23.0 Å². The molecule has 8 nitrogen and oxygen atoms in total. The number of para-hydroxylation sites is 1. The molecule has 0 aliphatic heterocycles. The average Bonchev–Trinajstić information content (AvgIpc) is 3.06. The molecule has 2 aromatic carbocycles. The summed E-state index contributed by atoms with van der Waals surface area (Å²) in [6, 6.07) is 13.1. The zero-order valence-corrected chi connectivity index (χ0v) is 19.6. The van der Waals surface area contributed by atoms with Gasteiger partial charge in [0.1, 0.15) is 11.5 Å². The highest BCUT2D eigenvalue weighted by atomic mass is 16.5. The predicted molar refractivity (Wildman–Crippen MR) is 129 cm³/mol. The minimum Gasteiger partial charge on any atom is -0.497 e. The van der Waals surface area contributed by atoms with Crippen molar-refractivity contribution in [2.75, 3.05) is 19.5 Å². The van der Waals surface area contributed by atoms with Crippen molar-refractivity contribution < 1.29 is 19.1 Å². The molecule has 8 heteroatoms. The minimum atomic E-state index is -0.903. The van der Waals surface area contributed by atoms with Crippen LogP contribution >= 0.6 is 0 Å². The Bertz CT molecular complexity index is 1210. The monoisotopic (exact) mass is 448 g/mol. The number of amides is 2. The number of nitrogens with one attached hydrogen (secondary N) is 2. The maximum atomic E-state index is 12.3. The zero-order valence-electron chi connectivity index (χ0n) is 19.6. The number of carbonyl (C=O) groups excluding carboxylic acids is 2. The molecule has 1 heterocycles. The lowest BCUT2D eigenvalue weighted by atomic mass is 10.1. The summed E-state index contributed by atoms with van der Waals surface area (Å²) in [5.74, 6) is -0.859. The van der Waals surface area contributed by atoms with E-state index in [1.807, 2.05) is 26.0 Å². The van der Waals surface area contributed by atoms with Crippen molar-refractivity contribution in [3.05, 3.63) is 70.5 Å². The molecule has 0 bridgehead atoms. The first kappa shape index (κ1) is 23.6. The summed E-state index contributed by atoms with van der Waals surface area (Å²) in [4.78, 5) is 24.6. The highest BCUT2D eigenvalue weighted by Crippen LogP contribution is 2.29. The molecule has 0 saturated carbocycles. The van der Waals surface area contributed by atoms with Crippen LogP contribution < -0.4 is 20.2 Å². The molecule has 0 fully saturated rings. The van der Waals surface area contributed by atoms with Crippen LogP contribution in [0.25, 0.3) is 5.69 Å². The Morgan fingerprint density at radius 2 is 1.64 bits per heavy atom. The van der Waals surface area contributed by atoms with Crippen LogP contribution in [0.5, 0.6) is 11.5 Å². The molecule has 2 N–H and O–H groups in total. The van der Waals surface area contributed by atoms with Gasteiger partial charge in [-0.3, -0.25) is 9.59 Å². The van der Waals surface area contributed by atoms with Gasteiger partial charge in [0.2, 0.25) is 0 Å². The van der Waals surface area contributed by atoms with Gasteiger partial charge in [-0.2, -0.15) is 5.10 Å². The van der Waals surface area contributed by atoms with Crippen molar-refractivity contribution >= 4 is 23.7 Å². The van der Waals surface area contributed by atoms with Crippen LogP contribution in [0, 0.1) is 27.7 Å². The Balaban J connectivity index is 1.73. The van der Waals surface area contributed by atoms with E-state index in [-0.39, 0.29) is 0 Å². The van der Waals surface area contributed by atoms with E-state index >= 15 is 0 Å². The third-order valence-corrected chi connectivity index (χ3v) is 5.36. The topological polar surface area (TPSA) is 93.9 Å². The normalized spacial score (nSPS) is 10.8. The lowest BCUT2D eigenvalue weighted by molar-refractivity contribution is -0.136. The number of benzene rings is 2. The van der Waals surface area contributed by atoms with Crippen molar-refractivity contribution in [1.29, 1.82) is 0 Å². The number of carbonyl (C=O) groups is 2. The van der Waals surface area contributed by atoms with Gasteiger partial charge in [-0.05, 0) is 57.0 Å². The third kappa shape index (κ3) is 5.06. The Labute approximate surface area is 193 Å². The van der Waals surface area contributed by atoms with Crippen LogP contribution in [0.1, 0.15) is 28.1 Å². The molecule has 3 aromatic rings. The summed E-state index contributed by atoms with van der Waals surface area (Å²) in [6.45, 7) is 8.16. The molecular formula is C25H28N4O4. The largest absolute Gasteiger partial charge is 0.497 e. The first-order chi connectivity index (χ1) is 15.8. The molecule has 172 valence electrons. The van der Waals surface area contributed by atoms with E-state index in [1.54, 1.807) is 18.2 Å². The number of ether oxygens (including phenoxy) is 2. The summed E-state index contributed by atoms with van der Waals surface area (Å²) in [6.07, 6.45) is 1.53. The van der Waals surface area contributed by atoms with E-state index in [0.29, 0.717) is 17.2 Å². The van der Waals surface area contributed by atoms with Crippen LogP contribution in [0.2, 0.25) is 0 Å². The Morgan fingerprint density at radius 1 is 0.939 bits per heavy atom. The van der Waals surface area contributed by atoms with E-state index in [9.17, 15) is 9.59 Å². The fraction of sp³-hybridized carbons (Fsp3) is 0.240. The maximum absolute atomic E-state index is 12.3. The van der Waals surface area contributed by atoms with Gasteiger partial charge in [0.25, 0.3) is 0 Å². The average molecular weight is 449 g/mol. The standard InChI is InChI=1S/C25H28N4O4/c1-15-8-7-9-16(2)23(15)29-17(3)12-19(18(29)4)14-26-28-25(31)24(30)27-21-13-20(32-5)10-11-22(21)33-6/h7-14H,1-6H3,(H,27,30)(H,28,31)/b26-14-. The number of aryl methyl sites for hydroxylation is 3. The number of aromatic nitrogens is 1. The van der Waals surface area contributed by atoms with Crippen molar-refractivity contribution in [3.63, 3.8) is 0 Å². The molecular weight excluding hydrogens is 420 g/mol. The number of rotatable bonds is 6. The third-order valence-electron chi connectivity index (χ3n) is 5.36. The Hall–Kier alpha value is -4.07. The molecule has 0 radical (unpaired) electrons. The summed E-state index contributed by atoms with van der Waals surface area (Å²) in [5, 5.41) is 6.49. The van der Waals surface area contributed by atoms with Crippen LogP contribution in [0.3, 0.4) is 0 Å². The number of nitrogens with zero attached hydrogens (tertiary/aromatic N) is 2. The number of hydrogen-bond acceptors (Lipinski definition) is 5. The quantitative estimate of drug-likeness (QED) is 0.341. The fourth-order valence-electron chi connectivity index (χ4n) is 3.72. The summed E-state index contributed by atoms with van der Waals surface area (Å²) in [7, 11) is 2.98. The van der Waals surface area contributed by atoms with E-state index in [1.165, 1.54) is 31.6 Å². The predicted octanol–water partition coefficient (Wildman–Crippen LogP) is 3.82. The molecule has 0 spiro atoms. The van der Waals surface area contributed by atoms with E-state index in [2.05, 4.69) is 46.4 Å². The van der Waals surface area contributed by atoms with E-state index in [0.717, 1.165) is 22.6 Å². The second kappa shape index (κ2) is 10.0. The second-order valence-electron chi connectivity index (χ2n) is 7.62. The molecule has 0 saturated heterocycles. The van der Waals surface area contributed by atoms with E-state index < -0.39 is 11.8 Å². The zero-order chi connectivity index (χ0) is 24.1. The number of anilines is 1. The fourth-order valence-corrected chi connectivity index (χ4v) is 3.72. The van der Waals surface area contributed by atoms with Crippen LogP contribution in [0.15, 0.2) is 47.6 Å². The van der Waals surface area contributed by atoms with Gasteiger partial charge in [0.05, 0.1) is 31.8 Å². The van der Waals surface area contributed by atoms with Gasteiger partial charge in [-0.25, -0.2) is 5.43 Å². The molecule has 0 unspecified atom stereocenters. The molecule has 2 amide bonds. The molecule has 0 aliphatic rings. The maximum Gasteiger partial charge on any atom is 0.329 e. The molecule has 0 atom stereocenters. The van der Waals surface area contributed by atoms with Crippen LogP contribution in [-0.4, -0.2) is 36.8 Å². The van der Waals surface area contributed by atoms with Crippen molar-refractivity contribution in [3.8, 4) is 17.2 Å². The van der Waals surface area contributed by atoms with Gasteiger partial charge < -0.3 is 19.4 Å². The summed E-state index contributed by atoms with van der Waals surface area (Å²) in [5.41, 5.74) is 8.91. The van der Waals surface area contributed by atoms with Crippen LogP contribution in [-0.2, 0) is 9.59 Å². The van der Waals surface area contributed by atoms with Crippen LogP contribution in [0.4, 0.5) is 5.69 Å². The lowest BCUT2D eigenvalue weighted by Crippen LogP contribution is -2.32. The summed E-state index contributed by atoms with van der Waals surface area (Å²) < 4.78 is 12.5. The summed E-state index contributed by atoms with van der Waals surface area (Å²) >= 11 is 0. The Kier molecular flexibility index (Phi) is 7.17. The smallest absolute Gasteiger partial charge is 0.329 e. The SMILES string of the molecule is COc1ccc(OC)c(NC(=O)C(=O)N/N=C\c2cc(C)n(-c3c(C)cccc3C)c2C)c1. The van der Waals surface area contributed by atoms with E-state index in [4.69, 9.17) is 9.47 Å². The number of hydrazone groups is 1. The first-order valence-corrected chi connectivity index (χ1v) is 10.4. The number of methoxy groups -OCH3 is 2. The van der Waals surface area contributed by atoms with Gasteiger partial charge in [-0.1, -0.05) is 18.2 Å². The molecule has 33 heavy (non-hydrogen) atoms. The van der Waals surface area contributed by atoms with Gasteiger partial charge >= 0.3 is 11.8 Å². The van der Waals surface area contributed by atoms with Gasteiger partial charge in [-0.15, -0.1) is 0 Å². The number of hydrogen-bond donors (Lipinski definition) is 2. The highest BCUT2D eigenvalue weighted by Gasteiger charge is 2.17. The van der Waals surface area contributed by atoms with Crippen molar-refractivity contribution in [1.82, 2.24) is 9.99 Å². The van der Waals surface area contributed by atoms with Crippen molar-refractivity contribution in [2.24, 2.45) is 5.10 Å². The lowest BCUT2D eigenvalue weighted by Gasteiger charge is -2.15. The Morgan fingerprint density at radius 3 is 2.27 bits per heavy atom.